The Morgan fingerprint density at radius 2 is 1.92 bits per heavy atom. The Morgan fingerprint density at radius 1 is 1.15 bits per heavy atom. The lowest BCUT2D eigenvalue weighted by molar-refractivity contribution is -0.117. The van der Waals surface area contributed by atoms with Gasteiger partial charge in [0.2, 0.25) is 5.91 Å². The van der Waals surface area contributed by atoms with Crippen LogP contribution in [-0.2, 0) is 4.79 Å². The topological polar surface area (TPSA) is 38.1 Å². The van der Waals surface area contributed by atoms with Crippen molar-refractivity contribution in [2.45, 2.75) is 39.2 Å². The van der Waals surface area contributed by atoms with Gasteiger partial charge in [0.25, 0.3) is 0 Å². The molecule has 0 aliphatic carbocycles. The van der Waals surface area contributed by atoms with Crippen molar-refractivity contribution < 1.29 is 4.79 Å². The molecule has 0 saturated carbocycles. The van der Waals surface area contributed by atoms with E-state index in [-0.39, 0.29) is 11.8 Å². The molecule has 1 unspecified atom stereocenters. The summed E-state index contributed by atoms with van der Waals surface area (Å²) in [5.41, 5.74) is 4.22. The molecule has 4 nitrogen and oxygen atoms in total. The van der Waals surface area contributed by atoms with E-state index in [4.69, 9.17) is 4.98 Å². The quantitative estimate of drug-likeness (QED) is 0.593. The van der Waals surface area contributed by atoms with Crippen molar-refractivity contribution in [1.82, 2.24) is 9.55 Å². The molecular weight excluding hydrogens is 390 g/mol. The number of imidazole rings is 1. The highest BCUT2D eigenvalue weighted by atomic mass is 79.9. The summed E-state index contributed by atoms with van der Waals surface area (Å²) in [6.45, 7) is 7.06. The molecule has 134 valence electrons. The number of amides is 1. The number of nitrogens with zero attached hydrogens (tertiary/aromatic N) is 3. The fourth-order valence-electron chi connectivity index (χ4n) is 3.90. The number of benzene rings is 2. The van der Waals surface area contributed by atoms with Crippen LogP contribution >= 0.6 is 15.9 Å². The van der Waals surface area contributed by atoms with Crippen molar-refractivity contribution >= 4 is 38.6 Å². The zero-order valence-electron chi connectivity index (χ0n) is 15.2. The van der Waals surface area contributed by atoms with Gasteiger partial charge >= 0.3 is 0 Å². The molecule has 2 aromatic carbocycles. The second-order valence-electron chi connectivity index (χ2n) is 7.21. The fourth-order valence-corrected chi connectivity index (χ4v) is 4.25. The third-order valence-corrected chi connectivity index (χ3v) is 6.02. The van der Waals surface area contributed by atoms with E-state index in [0.717, 1.165) is 32.6 Å². The first-order valence-electron chi connectivity index (χ1n) is 8.99. The van der Waals surface area contributed by atoms with Crippen molar-refractivity contribution in [3.63, 3.8) is 0 Å². The van der Waals surface area contributed by atoms with Gasteiger partial charge < -0.3 is 9.47 Å². The molecular formula is C21H22BrN3O. The zero-order chi connectivity index (χ0) is 18.4. The molecule has 5 heteroatoms. The molecule has 0 bridgehead atoms. The van der Waals surface area contributed by atoms with Crippen LogP contribution in [0, 0.1) is 6.92 Å². The van der Waals surface area contributed by atoms with Gasteiger partial charge in [-0.2, -0.15) is 0 Å². The van der Waals surface area contributed by atoms with Crippen molar-refractivity contribution in [2.24, 2.45) is 0 Å². The Bertz CT molecular complexity index is 992. The van der Waals surface area contributed by atoms with Gasteiger partial charge in [0, 0.05) is 35.1 Å². The predicted octanol–water partition coefficient (Wildman–Crippen LogP) is 5.21. The van der Waals surface area contributed by atoms with Gasteiger partial charge in [0.15, 0.2) is 0 Å². The van der Waals surface area contributed by atoms with Crippen LogP contribution in [0.1, 0.15) is 43.6 Å². The fraction of sp³-hybridized carbons (Fsp3) is 0.333. The number of rotatable bonds is 3. The van der Waals surface area contributed by atoms with Gasteiger partial charge in [-0.1, -0.05) is 34.1 Å². The average molecular weight is 412 g/mol. The Hall–Kier alpha value is -2.14. The zero-order valence-corrected chi connectivity index (χ0v) is 16.8. The molecule has 3 aromatic rings. The summed E-state index contributed by atoms with van der Waals surface area (Å²) in [4.78, 5) is 19.6. The largest absolute Gasteiger partial charge is 0.325 e. The van der Waals surface area contributed by atoms with E-state index in [1.54, 1.807) is 0 Å². The molecule has 1 aliphatic heterocycles. The minimum Gasteiger partial charge on any atom is -0.325 e. The molecule has 1 amide bonds. The van der Waals surface area contributed by atoms with Gasteiger partial charge in [-0.25, -0.2) is 4.98 Å². The molecule has 26 heavy (non-hydrogen) atoms. The number of halogens is 1. The number of para-hydroxylation sites is 2. The SMILES string of the molecule is Cc1c(Br)cccc1N1CC(c2nc3ccccc3n2C(C)C)CC1=O. The van der Waals surface area contributed by atoms with Gasteiger partial charge in [0.1, 0.15) is 5.82 Å². The summed E-state index contributed by atoms with van der Waals surface area (Å²) in [6, 6.07) is 14.5. The van der Waals surface area contributed by atoms with E-state index in [2.05, 4.69) is 40.4 Å². The van der Waals surface area contributed by atoms with Crippen molar-refractivity contribution in [2.75, 3.05) is 11.4 Å². The summed E-state index contributed by atoms with van der Waals surface area (Å²) in [6.07, 6.45) is 0.502. The lowest BCUT2D eigenvalue weighted by atomic mass is 10.1. The molecule has 1 aromatic heterocycles. The maximum absolute atomic E-state index is 12.8. The first-order valence-corrected chi connectivity index (χ1v) is 9.79. The van der Waals surface area contributed by atoms with E-state index in [9.17, 15) is 4.79 Å². The highest BCUT2D eigenvalue weighted by Gasteiger charge is 2.35. The average Bonchev–Trinajstić information content (AvgIpc) is 3.18. The maximum Gasteiger partial charge on any atom is 0.227 e. The first kappa shape index (κ1) is 17.3. The smallest absolute Gasteiger partial charge is 0.227 e. The van der Waals surface area contributed by atoms with Gasteiger partial charge in [-0.05, 0) is 50.6 Å². The molecule has 4 rings (SSSR count). The summed E-state index contributed by atoms with van der Waals surface area (Å²) in [5, 5.41) is 0. The van der Waals surface area contributed by atoms with Crippen molar-refractivity contribution in [3.05, 3.63) is 58.3 Å². The molecule has 1 atom stereocenters. The van der Waals surface area contributed by atoms with Gasteiger partial charge in [-0.3, -0.25) is 4.79 Å². The number of carbonyl (C=O) groups excluding carboxylic acids is 1. The van der Waals surface area contributed by atoms with Gasteiger partial charge in [0.05, 0.1) is 11.0 Å². The van der Waals surface area contributed by atoms with Gasteiger partial charge in [-0.15, -0.1) is 0 Å². The van der Waals surface area contributed by atoms with Crippen LogP contribution in [0.2, 0.25) is 0 Å². The minimum absolute atomic E-state index is 0.107. The Balaban J connectivity index is 1.75. The number of hydrogen-bond donors (Lipinski definition) is 0. The minimum atomic E-state index is 0.107. The summed E-state index contributed by atoms with van der Waals surface area (Å²) in [7, 11) is 0. The second kappa shape index (κ2) is 6.54. The van der Waals surface area contributed by atoms with Crippen LogP contribution in [0.5, 0.6) is 0 Å². The van der Waals surface area contributed by atoms with Crippen LogP contribution in [0.15, 0.2) is 46.9 Å². The number of carbonyl (C=O) groups is 1. The molecule has 0 radical (unpaired) electrons. The number of anilines is 1. The van der Waals surface area contributed by atoms with E-state index >= 15 is 0 Å². The number of hydrogen-bond acceptors (Lipinski definition) is 2. The summed E-state index contributed by atoms with van der Waals surface area (Å²) < 4.78 is 3.31. The lowest BCUT2D eigenvalue weighted by Gasteiger charge is -2.20. The highest BCUT2D eigenvalue weighted by molar-refractivity contribution is 9.10. The van der Waals surface area contributed by atoms with E-state index < -0.39 is 0 Å². The van der Waals surface area contributed by atoms with Crippen molar-refractivity contribution in [3.8, 4) is 0 Å². The third-order valence-electron chi connectivity index (χ3n) is 5.16. The van der Waals surface area contributed by atoms with Crippen molar-refractivity contribution in [1.29, 1.82) is 0 Å². The number of fused-ring (bicyclic) bond motifs is 1. The standard InChI is InChI=1S/C21H22BrN3O/c1-13(2)25-19-9-5-4-8-17(19)23-21(25)15-11-20(26)24(12-15)18-10-6-7-16(22)14(18)3/h4-10,13,15H,11-12H2,1-3H3. The second-order valence-corrected chi connectivity index (χ2v) is 8.07. The van der Waals surface area contributed by atoms with Crippen LogP contribution in [0.4, 0.5) is 5.69 Å². The Labute approximate surface area is 162 Å². The van der Waals surface area contributed by atoms with Crippen LogP contribution in [0.3, 0.4) is 0 Å². The Kier molecular flexibility index (Phi) is 4.35. The van der Waals surface area contributed by atoms with E-state index in [1.807, 2.05) is 48.2 Å². The van der Waals surface area contributed by atoms with Crippen LogP contribution < -0.4 is 4.90 Å². The van der Waals surface area contributed by atoms with Crippen LogP contribution in [0.25, 0.3) is 11.0 Å². The molecule has 1 fully saturated rings. The molecule has 1 aliphatic rings. The molecule has 0 N–H and O–H groups in total. The van der Waals surface area contributed by atoms with E-state index in [0.29, 0.717) is 19.0 Å². The highest BCUT2D eigenvalue weighted by Crippen LogP contribution is 2.36. The maximum atomic E-state index is 12.8. The third kappa shape index (κ3) is 2.75. The number of aromatic nitrogens is 2. The monoisotopic (exact) mass is 411 g/mol. The Morgan fingerprint density at radius 3 is 2.69 bits per heavy atom. The van der Waals surface area contributed by atoms with Crippen LogP contribution in [-0.4, -0.2) is 22.0 Å². The normalized spacial score (nSPS) is 17.7. The first-order chi connectivity index (χ1) is 12.5. The molecule has 2 heterocycles. The molecule has 1 saturated heterocycles. The summed E-state index contributed by atoms with van der Waals surface area (Å²) in [5.74, 6) is 1.29. The molecule has 0 spiro atoms. The predicted molar refractivity (Wildman–Crippen MR) is 109 cm³/mol. The van der Waals surface area contributed by atoms with E-state index in [1.165, 1.54) is 0 Å². The summed E-state index contributed by atoms with van der Waals surface area (Å²) >= 11 is 3.57. The lowest BCUT2D eigenvalue weighted by Crippen LogP contribution is -2.25.